The van der Waals surface area contributed by atoms with E-state index in [9.17, 15) is 9.90 Å². The monoisotopic (exact) mass is 337 g/mol. The number of nitrogens with zero attached hydrogens (tertiary/aromatic N) is 4. The summed E-state index contributed by atoms with van der Waals surface area (Å²) in [5.41, 5.74) is 3.70. The van der Waals surface area contributed by atoms with Crippen molar-refractivity contribution >= 4 is 5.97 Å². The number of aromatic nitrogens is 4. The number of rotatable bonds is 4. The maximum Gasteiger partial charge on any atom is 0.320 e. The van der Waals surface area contributed by atoms with Crippen LogP contribution in [-0.4, -0.2) is 55.1 Å². The summed E-state index contributed by atoms with van der Waals surface area (Å²) in [6.07, 6.45) is 5.77. The lowest BCUT2D eigenvalue weighted by molar-refractivity contribution is -0.141. The molecule has 2 N–H and O–H groups in total. The average Bonchev–Trinajstić information content (AvgIpc) is 3.33. The first kappa shape index (κ1) is 15.6. The summed E-state index contributed by atoms with van der Waals surface area (Å²) in [6, 6.07) is 9.56. The van der Waals surface area contributed by atoms with Gasteiger partial charge in [0.1, 0.15) is 6.04 Å². The molecular formula is C18H19N5O2. The Bertz CT molecular complexity index is 872. The molecule has 1 saturated heterocycles. The molecule has 128 valence electrons. The van der Waals surface area contributed by atoms with Crippen LogP contribution in [0.2, 0.25) is 0 Å². The zero-order valence-electron chi connectivity index (χ0n) is 13.8. The summed E-state index contributed by atoms with van der Waals surface area (Å²) < 4.78 is 2.08. The predicted molar refractivity (Wildman–Crippen MR) is 93.0 cm³/mol. The highest BCUT2D eigenvalue weighted by atomic mass is 16.4. The van der Waals surface area contributed by atoms with Crippen LogP contribution in [0.4, 0.5) is 0 Å². The summed E-state index contributed by atoms with van der Waals surface area (Å²) >= 11 is 0. The number of carboxylic acids is 1. The highest BCUT2D eigenvalue weighted by Gasteiger charge is 2.36. The van der Waals surface area contributed by atoms with Gasteiger partial charge in [-0.15, -0.1) is 0 Å². The number of imidazole rings is 2. The van der Waals surface area contributed by atoms with E-state index in [1.54, 1.807) is 18.9 Å². The van der Waals surface area contributed by atoms with Crippen LogP contribution < -0.4 is 0 Å². The molecule has 25 heavy (non-hydrogen) atoms. The van der Waals surface area contributed by atoms with E-state index in [1.165, 1.54) is 0 Å². The standard InChI is InChI=1S/C18H19N5O2/c1-22-9-13(7-15(22)18(24)25)23-11-21-16(12-5-3-2-4-6-12)17(23)14-8-19-10-20-14/h2-6,8,10-11,13,15H,7,9H2,1H3,(H,19,20)(H,24,25)/t13-,15-/m0/s1. The SMILES string of the molecule is CN1C[C@@H](n2cnc(-c3ccccc3)c2-c2cnc[nH]2)C[C@H]1C(=O)O. The Morgan fingerprint density at radius 2 is 2.12 bits per heavy atom. The number of nitrogens with one attached hydrogen (secondary N) is 1. The van der Waals surface area contributed by atoms with E-state index < -0.39 is 12.0 Å². The number of carboxylic acid groups (broad SMARTS) is 1. The molecule has 0 unspecified atom stereocenters. The van der Waals surface area contributed by atoms with Gasteiger partial charge < -0.3 is 14.7 Å². The second kappa shape index (κ2) is 6.18. The Morgan fingerprint density at radius 3 is 2.76 bits per heavy atom. The molecule has 7 heteroatoms. The first-order chi connectivity index (χ1) is 12.1. The van der Waals surface area contributed by atoms with E-state index in [1.807, 2.05) is 42.3 Å². The van der Waals surface area contributed by atoms with Crippen LogP contribution in [0.3, 0.4) is 0 Å². The summed E-state index contributed by atoms with van der Waals surface area (Å²) in [7, 11) is 1.85. The Balaban J connectivity index is 1.79. The van der Waals surface area contributed by atoms with Gasteiger partial charge in [0, 0.05) is 18.2 Å². The van der Waals surface area contributed by atoms with Crippen molar-refractivity contribution < 1.29 is 9.90 Å². The van der Waals surface area contributed by atoms with Gasteiger partial charge in [-0.2, -0.15) is 0 Å². The fraction of sp³-hybridized carbons (Fsp3) is 0.278. The van der Waals surface area contributed by atoms with Gasteiger partial charge in [-0.05, 0) is 13.5 Å². The zero-order valence-corrected chi connectivity index (χ0v) is 13.8. The van der Waals surface area contributed by atoms with E-state index in [-0.39, 0.29) is 6.04 Å². The largest absolute Gasteiger partial charge is 0.480 e. The maximum atomic E-state index is 11.4. The number of aromatic amines is 1. The summed E-state index contributed by atoms with van der Waals surface area (Å²) in [5.74, 6) is -0.781. The topological polar surface area (TPSA) is 87.0 Å². The molecule has 2 aromatic heterocycles. The van der Waals surface area contributed by atoms with Crippen molar-refractivity contribution in [1.29, 1.82) is 0 Å². The number of hydrogen-bond donors (Lipinski definition) is 2. The van der Waals surface area contributed by atoms with Gasteiger partial charge in [0.15, 0.2) is 0 Å². The van der Waals surface area contributed by atoms with E-state index in [2.05, 4.69) is 19.5 Å². The van der Waals surface area contributed by atoms with E-state index >= 15 is 0 Å². The fourth-order valence-corrected chi connectivity index (χ4v) is 3.56. The van der Waals surface area contributed by atoms with Crippen molar-refractivity contribution in [2.75, 3.05) is 13.6 Å². The second-order valence-corrected chi connectivity index (χ2v) is 6.36. The van der Waals surface area contributed by atoms with Gasteiger partial charge in [-0.25, -0.2) is 9.97 Å². The highest BCUT2D eigenvalue weighted by Crippen LogP contribution is 2.35. The smallest absolute Gasteiger partial charge is 0.320 e. The first-order valence-corrected chi connectivity index (χ1v) is 8.19. The number of likely N-dealkylation sites (tertiary alicyclic amines) is 1. The number of likely N-dealkylation sites (N-methyl/N-ethyl adjacent to an activating group) is 1. The number of hydrogen-bond acceptors (Lipinski definition) is 4. The third-order valence-electron chi connectivity index (χ3n) is 4.80. The van der Waals surface area contributed by atoms with Crippen molar-refractivity contribution in [3.05, 3.63) is 49.2 Å². The highest BCUT2D eigenvalue weighted by molar-refractivity contribution is 5.77. The van der Waals surface area contributed by atoms with E-state index in [0.29, 0.717) is 13.0 Å². The molecule has 0 spiro atoms. The normalized spacial score (nSPS) is 20.8. The number of H-pyrrole nitrogens is 1. The van der Waals surface area contributed by atoms with Crippen LogP contribution in [-0.2, 0) is 4.79 Å². The van der Waals surface area contributed by atoms with Gasteiger partial charge in [0.25, 0.3) is 0 Å². The Kier molecular flexibility index (Phi) is 3.85. The molecule has 2 atom stereocenters. The van der Waals surface area contributed by atoms with Crippen LogP contribution in [0.5, 0.6) is 0 Å². The molecule has 0 saturated carbocycles. The number of benzene rings is 1. The Morgan fingerprint density at radius 1 is 1.32 bits per heavy atom. The minimum Gasteiger partial charge on any atom is -0.480 e. The minimum atomic E-state index is -0.781. The van der Waals surface area contributed by atoms with Crippen LogP contribution in [0.1, 0.15) is 12.5 Å². The van der Waals surface area contributed by atoms with Crippen LogP contribution in [0.15, 0.2) is 49.2 Å². The molecule has 0 radical (unpaired) electrons. The molecule has 0 aliphatic carbocycles. The van der Waals surface area contributed by atoms with Crippen LogP contribution >= 0.6 is 0 Å². The van der Waals surface area contributed by atoms with Crippen molar-refractivity contribution in [2.24, 2.45) is 0 Å². The van der Waals surface area contributed by atoms with Crippen molar-refractivity contribution in [2.45, 2.75) is 18.5 Å². The van der Waals surface area contributed by atoms with E-state index in [0.717, 1.165) is 22.6 Å². The number of aliphatic carboxylic acids is 1. The molecule has 3 aromatic rings. The second-order valence-electron chi connectivity index (χ2n) is 6.36. The zero-order chi connectivity index (χ0) is 17.4. The molecule has 1 aliphatic heterocycles. The molecule has 1 fully saturated rings. The summed E-state index contributed by atoms with van der Waals surface area (Å²) in [5, 5.41) is 9.40. The lowest BCUT2D eigenvalue weighted by Crippen LogP contribution is -2.32. The molecule has 7 nitrogen and oxygen atoms in total. The van der Waals surface area contributed by atoms with Crippen molar-refractivity contribution in [3.8, 4) is 22.6 Å². The average molecular weight is 337 g/mol. The third kappa shape index (κ3) is 2.72. The Labute approximate surface area is 145 Å². The van der Waals surface area contributed by atoms with Crippen LogP contribution in [0.25, 0.3) is 22.6 Å². The predicted octanol–water partition coefficient (Wildman–Crippen LogP) is 2.27. The van der Waals surface area contributed by atoms with Gasteiger partial charge in [-0.3, -0.25) is 9.69 Å². The maximum absolute atomic E-state index is 11.4. The minimum absolute atomic E-state index is 0.0503. The lowest BCUT2D eigenvalue weighted by atomic mass is 10.1. The fourth-order valence-electron chi connectivity index (χ4n) is 3.56. The molecule has 3 heterocycles. The molecule has 1 aliphatic rings. The Hall–Kier alpha value is -2.93. The van der Waals surface area contributed by atoms with Crippen LogP contribution in [0, 0.1) is 0 Å². The summed E-state index contributed by atoms with van der Waals surface area (Å²) in [4.78, 5) is 25.3. The molecule has 1 aromatic carbocycles. The molecular weight excluding hydrogens is 318 g/mol. The van der Waals surface area contributed by atoms with Gasteiger partial charge in [-0.1, -0.05) is 30.3 Å². The quantitative estimate of drug-likeness (QED) is 0.762. The number of carbonyl (C=O) groups is 1. The van der Waals surface area contributed by atoms with Gasteiger partial charge in [0.2, 0.25) is 0 Å². The lowest BCUT2D eigenvalue weighted by Gasteiger charge is -2.16. The molecule has 0 amide bonds. The van der Waals surface area contributed by atoms with E-state index in [4.69, 9.17) is 0 Å². The molecule has 4 rings (SSSR count). The van der Waals surface area contributed by atoms with Crippen molar-refractivity contribution in [1.82, 2.24) is 24.4 Å². The third-order valence-corrected chi connectivity index (χ3v) is 4.80. The van der Waals surface area contributed by atoms with Gasteiger partial charge in [0.05, 0.1) is 35.9 Å². The van der Waals surface area contributed by atoms with Crippen molar-refractivity contribution in [3.63, 3.8) is 0 Å². The summed E-state index contributed by atoms with van der Waals surface area (Å²) in [6.45, 7) is 0.669. The first-order valence-electron chi connectivity index (χ1n) is 8.19. The molecule has 0 bridgehead atoms. The van der Waals surface area contributed by atoms with Gasteiger partial charge >= 0.3 is 5.97 Å².